The van der Waals surface area contributed by atoms with Crippen LogP contribution in [0.5, 0.6) is 0 Å². The Bertz CT molecular complexity index is 1030. The number of carbonyl (C=O) groups excluding carboxylic acids is 1. The van der Waals surface area contributed by atoms with Crippen molar-refractivity contribution in [3.8, 4) is 0 Å². The second-order valence-corrected chi connectivity index (χ2v) is 10.1. The molecule has 1 saturated heterocycles. The molecule has 0 bridgehead atoms. The minimum Gasteiger partial charge on any atom is -0.444 e. The van der Waals surface area contributed by atoms with Crippen molar-refractivity contribution in [1.29, 1.82) is 0 Å². The molecule has 0 unspecified atom stereocenters. The van der Waals surface area contributed by atoms with Crippen LogP contribution in [0.4, 0.5) is 18.0 Å². The van der Waals surface area contributed by atoms with Crippen molar-refractivity contribution in [2.75, 3.05) is 0 Å². The molecule has 1 heterocycles. The summed E-state index contributed by atoms with van der Waals surface area (Å²) in [5.41, 5.74) is 7.57. The third kappa shape index (κ3) is 5.82. The number of nitrogens with two attached hydrogens (primary N) is 1. The molecule has 33 heavy (non-hydrogen) atoms. The molecule has 0 spiro atoms. The first-order chi connectivity index (χ1) is 15.2. The largest absolute Gasteiger partial charge is 0.444 e. The predicted molar refractivity (Wildman–Crippen MR) is 123 cm³/mol. The lowest BCUT2D eigenvalue weighted by Gasteiger charge is -2.36. The number of hydrogen-bond donors (Lipinski definition) is 1. The minimum atomic E-state index is -4.49. The molecular weight excluding hydrogens is 453 g/mol. The van der Waals surface area contributed by atoms with Crippen LogP contribution in [0.15, 0.2) is 36.4 Å². The summed E-state index contributed by atoms with van der Waals surface area (Å²) in [4.78, 5) is 14.9. The Morgan fingerprint density at radius 2 is 1.76 bits per heavy atom. The Hall–Kier alpha value is -2.25. The van der Waals surface area contributed by atoms with Gasteiger partial charge in [0, 0.05) is 5.02 Å². The predicted octanol–water partition coefficient (Wildman–Crippen LogP) is 7.12. The topological polar surface area (TPSA) is 55.6 Å². The van der Waals surface area contributed by atoms with Gasteiger partial charge in [-0.3, -0.25) is 4.90 Å². The van der Waals surface area contributed by atoms with Crippen LogP contribution in [0.1, 0.15) is 73.5 Å². The molecule has 1 fully saturated rings. The van der Waals surface area contributed by atoms with Crippen LogP contribution in [0.2, 0.25) is 5.02 Å². The maximum absolute atomic E-state index is 13.4. The summed E-state index contributed by atoms with van der Waals surface area (Å²) in [6.07, 6.45) is -3.98. The summed E-state index contributed by atoms with van der Waals surface area (Å²) in [6.45, 7) is 8.82. The normalized spacial score (nSPS) is 20.1. The van der Waals surface area contributed by atoms with E-state index in [-0.39, 0.29) is 0 Å². The van der Waals surface area contributed by atoms with Gasteiger partial charge in [-0.15, -0.1) is 0 Å². The standard InChI is InChI=1S/C25H30ClF3N2O2/c1-14-6-7-19(26)18(12-14)20-8-9-21(31(20)23(32)33-24(3,4)5)22(30)16-10-15(2)11-17(13-16)25(27,28)29/h6-7,10-13,20-22H,8-9,30H2,1-5H3/t20-,21-,22+/m0/s1. The van der Waals surface area contributed by atoms with Crippen molar-refractivity contribution in [2.24, 2.45) is 5.73 Å². The zero-order valence-corrected chi connectivity index (χ0v) is 20.2. The maximum Gasteiger partial charge on any atom is 0.416 e. The highest BCUT2D eigenvalue weighted by Crippen LogP contribution is 2.44. The van der Waals surface area contributed by atoms with Gasteiger partial charge >= 0.3 is 12.3 Å². The van der Waals surface area contributed by atoms with Crippen LogP contribution in [-0.4, -0.2) is 22.6 Å². The van der Waals surface area contributed by atoms with Crippen LogP contribution < -0.4 is 5.73 Å². The number of rotatable bonds is 3. The molecule has 2 N–H and O–H groups in total. The molecule has 0 radical (unpaired) electrons. The van der Waals surface area contributed by atoms with Gasteiger partial charge in [0.1, 0.15) is 5.60 Å². The first-order valence-electron chi connectivity index (χ1n) is 10.9. The zero-order chi connectivity index (χ0) is 24.7. The number of likely N-dealkylation sites (tertiary alicyclic amines) is 1. The van der Waals surface area contributed by atoms with Crippen LogP contribution in [0.25, 0.3) is 0 Å². The lowest BCUT2D eigenvalue weighted by atomic mass is 9.95. The SMILES string of the molecule is Cc1cc([C@@H](N)[C@@H]2CC[C@@H](c3cc(C)ccc3Cl)N2C(=O)OC(C)(C)C)cc(C(F)(F)F)c1. The molecular formula is C25H30ClF3N2O2. The van der Waals surface area contributed by atoms with Crippen molar-refractivity contribution in [2.45, 2.75) is 77.4 Å². The lowest BCUT2D eigenvalue weighted by Crippen LogP contribution is -2.45. The molecule has 0 aromatic heterocycles. The number of carbonyl (C=O) groups is 1. The fourth-order valence-corrected chi connectivity index (χ4v) is 4.63. The average molecular weight is 483 g/mol. The lowest BCUT2D eigenvalue weighted by molar-refractivity contribution is -0.137. The third-order valence-corrected chi connectivity index (χ3v) is 6.11. The van der Waals surface area contributed by atoms with Crippen molar-refractivity contribution in [1.82, 2.24) is 4.90 Å². The number of benzene rings is 2. The van der Waals surface area contributed by atoms with E-state index in [4.69, 9.17) is 22.1 Å². The van der Waals surface area contributed by atoms with Gasteiger partial charge in [-0.25, -0.2) is 4.79 Å². The summed E-state index contributed by atoms with van der Waals surface area (Å²) in [6, 6.07) is 7.61. The number of halogens is 4. The highest BCUT2D eigenvalue weighted by atomic mass is 35.5. The first kappa shape index (κ1) is 25.4. The smallest absolute Gasteiger partial charge is 0.416 e. The van der Waals surface area contributed by atoms with Crippen LogP contribution in [-0.2, 0) is 10.9 Å². The Balaban J connectivity index is 2.04. The van der Waals surface area contributed by atoms with Crippen LogP contribution in [0.3, 0.4) is 0 Å². The van der Waals surface area contributed by atoms with E-state index in [2.05, 4.69) is 0 Å². The number of alkyl halides is 3. The van der Waals surface area contributed by atoms with E-state index in [0.29, 0.717) is 29.0 Å². The summed E-state index contributed by atoms with van der Waals surface area (Å²) < 4.78 is 45.9. The Morgan fingerprint density at radius 3 is 2.36 bits per heavy atom. The zero-order valence-electron chi connectivity index (χ0n) is 19.5. The van der Waals surface area contributed by atoms with Gasteiger partial charge in [-0.1, -0.05) is 40.9 Å². The van der Waals surface area contributed by atoms with E-state index >= 15 is 0 Å². The number of aryl methyl sites for hydroxylation is 2. The van der Waals surface area contributed by atoms with Gasteiger partial charge in [-0.05, 0) is 76.8 Å². The molecule has 0 saturated carbocycles. The Labute approximate surface area is 197 Å². The molecule has 4 nitrogen and oxygen atoms in total. The summed E-state index contributed by atoms with van der Waals surface area (Å²) in [5.74, 6) is 0. The van der Waals surface area contributed by atoms with Crippen molar-refractivity contribution >= 4 is 17.7 Å². The van der Waals surface area contributed by atoms with Gasteiger partial charge < -0.3 is 10.5 Å². The molecule has 3 rings (SSSR count). The second kappa shape index (κ2) is 9.18. The monoisotopic (exact) mass is 482 g/mol. The first-order valence-corrected chi connectivity index (χ1v) is 11.3. The highest BCUT2D eigenvalue weighted by Gasteiger charge is 2.44. The fraction of sp³-hybridized carbons (Fsp3) is 0.480. The highest BCUT2D eigenvalue weighted by molar-refractivity contribution is 6.31. The minimum absolute atomic E-state index is 0.330. The number of hydrogen-bond acceptors (Lipinski definition) is 3. The van der Waals surface area contributed by atoms with E-state index < -0.39 is 41.6 Å². The summed E-state index contributed by atoms with van der Waals surface area (Å²) in [5, 5.41) is 0.517. The quantitative estimate of drug-likeness (QED) is 0.506. The number of amides is 1. The van der Waals surface area contributed by atoms with Crippen molar-refractivity contribution < 1.29 is 22.7 Å². The van der Waals surface area contributed by atoms with E-state index in [1.54, 1.807) is 44.7 Å². The number of nitrogens with zero attached hydrogens (tertiary/aromatic N) is 1. The Kier molecular flexibility index (Phi) is 7.06. The molecule has 3 atom stereocenters. The van der Waals surface area contributed by atoms with E-state index in [9.17, 15) is 18.0 Å². The fourth-order valence-electron chi connectivity index (χ4n) is 4.38. The van der Waals surface area contributed by atoms with Crippen molar-refractivity contribution in [3.63, 3.8) is 0 Å². The van der Waals surface area contributed by atoms with E-state index in [1.807, 2.05) is 19.1 Å². The molecule has 1 aliphatic rings. The van der Waals surface area contributed by atoms with Gasteiger partial charge in [0.05, 0.1) is 23.7 Å². The van der Waals surface area contributed by atoms with Crippen LogP contribution >= 0.6 is 11.6 Å². The average Bonchev–Trinajstić information content (AvgIpc) is 3.11. The molecule has 1 aliphatic heterocycles. The van der Waals surface area contributed by atoms with Gasteiger partial charge in [0.25, 0.3) is 0 Å². The van der Waals surface area contributed by atoms with Crippen LogP contribution in [0, 0.1) is 13.8 Å². The summed E-state index contributed by atoms with van der Waals surface area (Å²) in [7, 11) is 0. The Morgan fingerprint density at radius 1 is 1.09 bits per heavy atom. The molecule has 8 heteroatoms. The van der Waals surface area contributed by atoms with Gasteiger partial charge in [-0.2, -0.15) is 13.2 Å². The molecule has 2 aromatic rings. The molecule has 1 amide bonds. The second-order valence-electron chi connectivity index (χ2n) is 9.73. The molecule has 0 aliphatic carbocycles. The van der Waals surface area contributed by atoms with Gasteiger partial charge in [0.15, 0.2) is 0 Å². The summed E-state index contributed by atoms with van der Waals surface area (Å²) >= 11 is 6.48. The molecule has 180 valence electrons. The van der Waals surface area contributed by atoms with Gasteiger partial charge in [0.2, 0.25) is 0 Å². The third-order valence-electron chi connectivity index (χ3n) is 5.77. The number of ether oxygens (including phenoxy) is 1. The molecule has 2 aromatic carbocycles. The van der Waals surface area contributed by atoms with Crippen molar-refractivity contribution in [3.05, 3.63) is 69.2 Å². The van der Waals surface area contributed by atoms with E-state index in [0.717, 1.165) is 23.3 Å². The van der Waals surface area contributed by atoms with E-state index in [1.165, 1.54) is 0 Å². The maximum atomic E-state index is 13.4.